The van der Waals surface area contributed by atoms with Gasteiger partial charge >= 0.3 is 0 Å². The second-order valence-corrected chi connectivity index (χ2v) is 8.27. The number of aromatic nitrogens is 1. The lowest BCUT2D eigenvalue weighted by atomic mass is 10.1. The fourth-order valence-corrected chi connectivity index (χ4v) is 3.87. The molecule has 0 bridgehead atoms. The zero-order valence-electron chi connectivity index (χ0n) is 14.6. The van der Waals surface area contributed by atoms with Crippen molar-refractivity contribution in [3.63, 3.8) is 0 Å². The Morgan fingerprint density at radius 2 is 1.92 bits per heavy atom. The fourth-order valence-electron chi connectivity index (χ4n) is 2.28. The Morgan fingerprint density at radius 1 is 1.31 bits per heavy atom. The van der Waals surface area contributed by atoms with Crippen molar-refractivity contribution in [3.8, 4) is 0 Å². The number of aliphatic hydroxyl groups is 1. The van der Waals surface area contributed by atoms with E-state index in [2.05, 4.69) is 15.1 Å². The zero-order chi connectivity index (χ0) is 19.5. The van der Waals surface area contributed by atoms with E-state index in [1.807, 2.05) is 6.92 Å². The molecule has 1 heterocycles. The van der Waals surface area contributed by atoms with Gasteiger partial charge in [0.2, 0.25) is 0 Å². The molecular weight excluding hydrogens is 354 g/mol. The van der Waals surface area contributed by atoms with E-state index in [1.165, 1.54) is 24.4 Å². The van der Waals surface area contributed by atoms with Crippen LogP contribution in [0.5, 0.6) is 0 Å². The molecule has 0 aliphatic heterocycles. The lowest BCUT2D eigenvalue weighted by Crippen LogP contribution is -2.45. The molecule has 8 heteroatoms. The Labute approximate surface area is 152 Å². The standard InChI is InChI=1S/C18H19N3O4S/c1-12-5-7-15(8-6-12)26(24,25)11-18(3,23)17(22)21-14-9-13(2)16(19-4)20-10-14/h5-10,23H,11H2,1-3H3,(H,21,22). The van der Waals surface area contributed by atoms with Crippen LogP contribution in [-0.4, -0.2) is 35.8 Å². The fraction of sp³-hybridized carbons (Fsp3) is 0.278. The monoisotopic (exact) mass is 373 g/mol. The maximum atomic E-state index is 12.5. The molecule has 1 unspecified atom stereocenters. The topological polar surface area (TPSA) is 101 Å². The van der Waals surface area contributed by atoms with Crippen molar-refractivity contribution in [2.75, 3.05) is 11.1 Å². The van der Waals surface area contributed by atoms with Crippen LogP contribution in [0.3, 0.4) is 0 Å². The molecule has 2 aromatic rings. The average molecular weight is 373 g/mol. The lowest BCUT2D eigenvalue weighted by molar-refractivity contribution is -0.130. The first-order valence-corrected chi connectivity index (χ1v) is 9.38. The first-order chi connectivity index (χ1) is 12.0. The molecular formula is C18H19N3O4S. The number of rotatable bonds is 5. The van der Waals surface area contributed by atoms with E-state index < -0.39 is 27.1 Å². The Bertz CT molecular complexity index is 974. The summed E-state index contributed by atoms with van der Waals surface area (Å²) in [4.78, 5) is 19.5. The molecule has 0 radical (unpaired) electrons. The summed E-state index contributed by atoms with van der Waals surface area (Å²) in [5, 5.41) is 12.8. The number of anilines is 1. The van der Waals surface area contributed by atoms with Gasteiger partial charge in [0.05, 0.1) is 16.3 Å². The van der Waals surface area contributed by atoms with Gasteiger partial charge < -0.3 is 15.3 Å². The second kappa shape index (κ2) is 7.23. The van der Waals surface area contributed by atoms with E-state index in [0.717, 1.165) is 12.5 Å². The summed E-state index contributed by atoms with van der Waals surface area (Å²) < 4.78 is 24.9. The zero-order valence-corrected chi connectivity index (χ0v) is 15.5. The van der Waals surface area contributed by atoms with Crippen LogP contribution >= 0.6 is 0 Å². The van der Waals surface area contributed by atoms with Crippen molar-refractivity contribution >= 4 is 27.2 Å². The summed E-state index contributed by atoms with van der Waals surface area (Å²) in [7, 11) is -3.86. The van der Waals surface area contributed by atoms with Gasteiger partial charge in [-0.25, -0.2) is 8.42 Å². The molecule has 1 aromatic heterocycles. The largest absolute Gasteiger partial charge is 0.379 e. The Balaban J connectivity index is 2.18. The number of nitrogens with one attached hydrogen (secondary N) is 1. The molecule has 0 aliphatic carbocycles. The van der Waals surface area contributed by atoms with Crippen LogP contribution < -0.4 is 5.32 Å². The number of pyridine rings is 1. The molecule has 0 fully saturated rings. The van der Waals surface area contributed by atoms with Gasteiger partial charge in [-0.15, -0.1) is 4.98 Å². The highest BCUT2D eigenvalue weighted by Gasteiger charge is 2.36. The number of benzene rings is 1. The maximum absolute atomic E-state index is 12.5. The summed E-state index contributed by atoms with van der Waals surface area (Å²) >= 11 is 0. The van der Waals surface area contributed by atoms with Crippen LogP contribution in [0.2, 0.25) is 0 Å². The Kier molecular flexibility index (Phi) is 5.44. The van der Waals surface area contributed by atoms with E-state index in [-0.39, 0.29) is 16.4 Å². The van der Waals surface area contributed by atoms with Gasteiger partial charge in [-0.2, -0.15) is 0 Å². The third kappa shape index (κ3) is 4.45. The third-order valence-electron chi connectivity index (χ3n) is 3.75. The van der Waals surface area contributed by atoms with Gasteiger partial charge in [-0.05, 0) is 44.5 Å². The van der Waals surface area contributed by atoms with Gasteiger partial charge in [0.25, 0.3) is 11.7 Å². The highest BCUT2D eigenvalue weighted by Crippen LogP contribution is 2.22. The number of sulfone groups is 1. The van der Waals surface area contributed by atoms with Crippen molar-refractivity contribution in [1.82, 2.24) is 4.98 Å². The molecule has 1 atom stereocenters. The quantitative estimate of drug-likeness (QED) is 0.784. The van der Waals surface area contributed by atoms with Crippen LogP contribution in [0.4, 0.5) is 11.5 Å². The van der Waals surface area contributed by atoms with Crippen molar-refractivity contribution in [2.24, 2.45) is 0 Å². The molecule has 0 saturated carbocycles. The molecule has 136 valence electrons. The second-order valence-electron chi connectivity index (χ2n) is 6.28. The molecule has 26 heavy (non-hydrogen) atoms. The van der Waals surface area contributed by atoms with Crippen LogP contribution in [0.1, 0.15) is 18.1 Å². The molecule has 7 nitrogen and oxygen atoms in total. The van der Waals surface area contributed by atoms with Gasteiger partial charge in [-0.3, -0.25) is 4.79 Å². The van der Waals surface area contributed by atoms with E-state index in [1.54, 1.807) is 19.1 Å². The minimum atomic E-state index is -3.86. The van der Waals surface area contributed by atoms with E-state index in [0.29, 0.717) is 5.56 Å². The first-order valence-electron chi connectivity index (χ1n) is 7.72. The molecule has 0 spiro atoms. The highest BCUT2D eigenvalue weighted by atomic mass is 32.2. The smallest absolute Gasteiger partial charge is 0.272 e. The maximum Gasteiger partial charge on any atom is 0.272 e. The summed E-state index contributed by atoms with van der Waals surface area (Å²) in [5.41, 5.74) is -0.410. The van der Waals surface area contributed by atoms with Gasteiger partial charge in [0, 0.05) is 0 Å². The summed E-state index contributed by atoms with van der Waals surface area (Å²) in [6.45, 7) is 11.6. The van der Waals surface area contributed by atoms with Gasteiger partial charge in [0.1, 0.15) is 6.20 Å². The molecule has 1 amide bonds. The van der Waals surface area contributed by atoms with Crippen LogP contribution in [0, 0.1) is 20.4 Å². The van der Waals surface area contributed by atoms with Crippen LogP contribution in [0.15, 0.2) is 41.4 Å². The predicted octanol–water partition coefficient (Wildman–Crippen LogP) is 2.41. The summed E-state index contributed by atoms with van der Waals surface area (Å²) in [6, 6.07) is 7.71. The molecule has 2 rings (SSSR count). The van der Waals surface area contributed by atoms with Crippen LogP contribution in [0.25, 0.3) is 4.85 Å². The number of nitrogens with zero attached hydrogens (tertiary/aromatic N) is 2. The molecule has 1 aromatic carbocycles. The molecule has 0 aliphatic rings. The van der Waals surface area contributed by atoms with Crippen molar-refractivity contribution in [1.29, 1.82) is 0 Å². The third-order valence-corrected chi connectivity index (χ3v) is 5.69. The summed E-state index contributed by atoms with van der Waals surface area (Å²) in [5.74, 6) is -1.43. The van der Waals surface area contributed by atoms with Gasteiger partial charge in [-0.1, -0.05) is 24.3 Å². The van der Waals surface area contributed by atoms with E-state index >= 15 is 0 Å². The predicted molar refractivity (Wildman–Crippen MR) is 97.7 cm³/mol. The SMILES string of the molecule is [C-]#[N+]c1ncc(NC(=O)C(C)(O)CS(=O)(=O)c2ccc(C)cc2)cc1C. The number of hydrogen-bond donors (Lipinski definition) is 2. The van der Waals surface area contributed by atoms with Crippen LogP contribution in [-0.2, 0) is 14.6 Å². The lowest BCUT2D eigenvalue weighted by Gasteiger charge is -2.22. The number of hydrogen-bond acceptors (Lipinski definition) is 5. The Morgan fingerprint density at radius 3 is 2.46 bits per heavy atom. The summed E-state index contributed by atoms with van der Waals surface area (Å²) in [6.07, 6.45) is 1.28. The number of carbonyl (C=O) groups is 1. The highest BCUT2D eigenvalue weighted by molar-refractivity contribution is 7.91. The minimum Gasteiger partial charge on any atom is -0.379 e. The van der Waals surface area contributed by atoms with Crippen molar-refractivity contribution < 1.29 is 18.3 Å². The Hall–Kier alpha value is -2.76. The van der Waals surface area contributed by atoms with Gasteiger partial charge in [0.15, 0.2) is 15.4 Å². The number of amides is 1. The number of aryl methyl sites for hydroxylation is 2. The molecule has 2 N–H and O–H groups in total. The van der Waals surface area contributed by atoms with E-state index in [4.69, 9.17) is 6.57 Å². The molecule has 0 saturated heterocycles. The van der Waals surface area contributed by atoms with Crippen molar-refractivity contribution in [3.05, 3.63) is 59.1 Å². The van der Waals surface area contributed by atoms with E-state index in [9.17, 15) is 18.3 Å². The number of carbonyl (C=O) groups excluding carboxylic acids is 1. The normalized spacial score (nSPS) is 13.5. The first kappa shape index (κ1) is 19.6. The average Bonchev–Trinajstić information content (AvgIpc) is 2.54. The van der Waals surface area contributed by atoms with Crippen molar-refractivity contribution in [2.45, 2.75) is 31.3 Å². The minimum absolute atomic E-state index is 0.0371.